The monoisotopic (exact) mass is 383 g/mol. The molecule has 23 heavy (non-hydrogen) atoms. The predicted octanol–water partition coefficient (Wildman–Crippen LogP) is -6.82. The van der Waals surface area contributed by atoms with Crippen LogP contribution in [0.5, 0.6) is 0 Å². The number of hydrogen-bond donors (Lipinski definition) is 1. The van der Waals surface area contributed by atoms with Crippen molar-refractivity contribution in [1.82, 2.24) is 0 Å². The molecule has 0 saturated carbocycles. The average Bonchev–Trinajstić information content (AvgIpc) is 2.24. The molecule has 0 aromatic heterocycles. The predicted molar refractivity (Wildman–Crippen MR) is 70.2 cm³/mol. The Balaban J connectivity index is 0. The van der Waals surface area contributed by atoms with E-state index in [0.29, 0.717) is 0 Å². The standard InChI is InChI=1S/C11H17NO7S2.2Na/c1-11(2,3)12(13)7-8-9(20(14,15)16)5-4-6-10(8)21(17,18)19;;/h4-6,12H,7H2,1-3H3,(H,14,15,16)(H,17,18,19);;/q;2*+1/p-2. The molecule has 0 aliphatic heterocycles. The molecular formula is C11H15NNa2O7S2. The molecule has 0 amide bonds. The van der Waals surface area contributed by atoms with E-state index in [-0.39, 0.29) is 59.1 Å². The van der Waals surface area contributed by atoms with Gasteiger partial charge in [-0.1, -0.05) is 6.07 Å². The van der Waals surface area contributed by atoms with E-state index < -0.39 is 52.7 Å². The van der Waals surface area contributed by atoms with Gasteiger partial charge in [0.25, 0.3) is 0 Å². The van der Waals surface area contributed by atoms with Crippen LogP contribution in [0.15, 0.2) is 28.0 Å². The second kappa shape index (κ2) is 9.06. The molecular weight excluding hydrogens is 368 g/mol. The first-order valence-electron chi connectivity index (χ1n) is 5.81. The Morgan fingerprint density at radius 3 is 1.57 bits per heavy atom. The number of benzene rings is 1. The van der Waals surface area contributed by atoms with Gasteiger partial charge < -0.3 is 19.4 Å². The van der Waals surface area contributed by atoms with Crippen LogP contribution in [-0.4, -0.2) is 31.5 Å². The van der Waals surface area contributed by atoms with Gasteiger partial charge >= 0.3 is 59.1 Å². The Hall–Kier alpha value is 0.960. The van der Waals surface area contributed by atoms with Crippen LogP contribution < -0.4 is 64.2 Å². The number of rotatable bonds is 4. The zero-order chi connectivity index (χ0) is 16.6. The summed E-state index contributed by atoms with van der Waals surface area (Å²) in [6.45, 7) is 4.02. The molecule has 1 aromatic rings. The first-order valence-corrected chi connectivity index (χ1v) is 8.63. The van der Waals surface area contributed by atoms with E-state index in [1.807, 2.05) is 0 Å². The third-order valence-corrected chi connectivity index (χ3v) is 4.64. The zero-order valence-electron chi connectivity index (χ0n) is 13.6. The smallest absolute Gasteiger partial charge is 0.744 e. The molecule has 0 bridgehead atoms. The zero-order valence-corrected chi connectivity index (χ0v) is 19.2. The van der Waals surface area contributed by atoms with Crippen molar-refractivity contribution >= 4 is 20.2 Å². The molecule has 0 aliphatic carbocycles. The Morgan fingerprint density at radius 1 is 0.957 bits per heavy atom. The molecule has 120 valence electrons. The summed E-state index contributed by atoms with van der Waals surface area (Å²) < 4.78 is 67.2. The van der Waals surface area contributed by atoms with E-state index in [1.54, 1.807) is 20.8 Å². The number of hydroxylamine groups is 2. The Kier molecular flexibility index (Phi) is 10.3. The van der Waals surface area contributed by atoms with Gasteiger partial charge in [0.15, 0.2) is 0 Å². The summed E-state index contributed by atoms with van der Waals surface area (Å²) in [5.41, 5.74) is -1.45. The molecule has 0 fully saturated rings. The summed E-state index contributed by atoms with van der Waals surface area (Å²) in [6, 6.07) is 2.73. The van der Waals surface area contributed by atoms with Crippen molar-refractivity contribution < 1.29 is 90.1 Å². The van der Waals surface area contributed by atoms with Crippen LogP contribution in [0, 0.1) is 5.21 Å². The van der Waals surface area contributed by atoms with Crippen molar-refractivity contribution in [3.05, 3.63) is 29.0 Å². The summed E-state index contributed by atoms with van der Waals surface area (Å²) in [5, 5.41) is 11.5. The van der Waals surface area contributed by atoms with E-state index >= 15 is 0 Å². The molecule has 0 radical (unpaired) electrons. The Bertz CT molecular complexity index is 692. The van der Waals surface area contributed by atoms with Gasteiger partial charge in [-0.05, 0) is 32.9 Å². The van der Waals surface area contributed by atoms with Gasteiger partial charge in [-0.15, -0.1) is 0 Å². The molecule has 1 unspecified atom stereocenters. The summed E-state index contributed by atoms with van der Waals surface area (Å²) in [5.74, 6) is 0. The average molecular weight is 383 g/mol. The van der Waals surface area contributed by atoms with Crippen LogP contribution in [0.2, 0.25) is 0 Å². The van der Waals surface area contributed by atoms with E-state index in [2.05, 4.69) is 0 Å². The van der Waals surface area contributed by atoms with Crippen molar-refractivity contribution in [1.29, 1.82) is 0 Å². The molecule has 0 aliphatic rings. The summed E-state index contributed by atoms with van der Waals surface area (Å²) in [6.07, 6.45) is 0. The maximum absolute atomic E-state index is 12.0. The fraction of sp³-hybridized carbons (Fsp3) is 0.455. The van der Waals surface area contributed by atoms with Crippen molar-refractivity contribution in [2.24, 2.45) is 0 Å². The minimum absolute atomic E-state index is 0. The van der Waals surface area contributed by atoms with Crippen LogP contribution in [0.4, 0.5) is 0 Å². The van der Waals surface area contributed by atoms with E-state index in [0.717, 1.165) is 18.2 Å². The maximum Gasteiger partial charge on any atom is 1.00 e. The van der Waals surface area contributed by atoms with E-state index in [1.165, 1.54) is 0 Å². The fourth-order valence-corrected chi connectivity index (χ4v) is 3.14. The van der Waals surface area contributed by atoms with Gasteiger partial charge in [0.1, 0.15) is 26.8 Å². The molecule has 1 rings (SSSR count). The molecule has 0 heterocycles. The quantitative estimate of drug-likeness (QED) is 0.309. The summed E-state index contributed by atoms with van der Waals surface area (Å²) in [7, 11) is -10.0. The molecule has 0 saturated heterocycles. The van der Waals surface area contributed by atoms with Crippen LogP contribution in [0.3, 0.4) is 0 Å². The molecule has 8 nitrogen and oxygen atoms in total. The second-order valence-electron chi connectivity index (χ2n) is 5.49. The minimum Gasteiger partial charge on any atom is -0.744 e. The molecule has 1 N–H and O–H groups in total. The van der Waals surface area contributed by atoms with Crippen molar-refractivity contribution in [2.75, 3.05) is 0 Å². The van der Waals surface area contributed by atoms with Crippen molar-refractivity contribution in [3.63, 3.8) is 0 Å². The van der Waals surface area contributed by atoms with Crippen LogP contribution >= 0.6 is 0 Å². The van der Waals surface area contributed by atoms with Crippen LogP contribution in [0.25, 0.3) is 0 Å². The summed E-state index contributed by atoms with van der Waals surface area (Å²) in [4.78, 5) is -1.73. The van der Waals surface area contributed by atoms with Crippen molar-refractivity contribution in [3.8, 4) is 0 Å². The topological polar surface area (TPSA) is 142 Å². The first kappa shape index (κ1) is 26.2. The molecule has 1 atom stereocenters. The third-order valence-electron chi connectivity index (χ3n) is 2.80. The largest absolute Gasteiger partial charge is 1.00 e. The van der Waals surface area contributed by atoms with Gasteiger partial charge in [0.05, 0.1) is 15.3 Å². The van der Waals surface area contributed by atoms with Crippen LogP contribution in [-0.2, 0) is 26.8 Å². The second-order valence-corrected chi connectivity index (χ2v) is 8.19. The Labute approximate surface area is 180 Å². The number of hydrogen-bond acceptors (Lipinski definition) is 7. The van der Waals surface area contributed by atoms with Crippen LogP contribution in [0.1, 0.15) is 26.3 Å². The number of nitrogens with one attached hydrogen (secondary N) is 1. The van der Waals surface area contributed by atoms with Gasteiger partial charge in [-0.2, -0.15) is 0 Å². The maximum atomic E-state index is 12.0. The Morgan fingerprint density at radius 2 is 1.30 bits per heavy atom. The SMILES string of the molecule is CC(C)(C)[NH+]([O-])Cc1c(S(=O)(=O)[O-])cccc1S(=O)(=O)[O-].[Na+].[Na+]. The fourth-order valence-electron chi connectivity index (χ4n) is 1.61. The van der Waals surface area contributed by atoms with E-state index in [9.17, 15) is 31.1 Å². The van der Waals surface area contributed by atoms with Gasteiger partial charge in [0, 0.05) is 5.56 Å². The molecule has 12 heteroatoms. The van der Waals surface area contributed by atoms with Gasteiger partial charge in [-0.3, -0.25) is 0 Å². The minimum atomic E-state index is -5.01. The number of quaternary nitrogens is 1. The third kappa shape index (κ3) is 7.38. The molecule has 1 aromatic carbocycles. The van der Waals surface area contributed by atoms with Crippen molar-refractivity contribution in [2.45, 2.75) is 42.6 Å². The van der Waals surface area contributed by atoms with E-state index in [4.69, 9.17) is 0 Å². The van der Waals surface area contributed by atoms with Gasteiger partial charge in [0.2, 0.25) is 0 Å². The summed E-state index contributed by atoms with van der Waals surface area (Å²) >= 11 is 0. The first-order chi connectivity index (χ1) is 9.24. The van der Waals surface area contributed by atoms with Gasteiger partial charge in [-0.25, -0.2) is 16.8 Å². The molecule has 0 spiro atoms. The normalized spacial score (nSPS) is 13.7.